The van der Waals surface area contributed by atoms with Crippen LogP contribution in [0.25, 0.3) is 0 Å². The van der Waals surface area contributed by atoms with E-state index in [2.05, 4.69) is 33.9 Å². The number of hydrogen-bond donors (Lipinski definition) is 1. The minimum atomic E-state index is -1.56. The average Bonchev–Trinajstić information content (AvgIpc) is 1.93. The molecule has 0 unspecified atom stereocenters. The van der Waals surface area contributed by atoms with E-state index in [4.69, 9.17) is 9.84 Å². The van der Waals surface area contributed by atoms with Crippen molar-refractivity contribution in [1.29, 1.82) is 5.41 Å². The zero-order chi connectivity index (χ0) is 11.0. The molecule has 0 aromatic rings. The molecule has 1 aliphatic rings. The van der Waals surface area contributed by atoms with E-state index in [0.717, 1.165) is 12.8 Å². The third-order valence-corrected chi connectivity index (χ3v) is 8.17. The van der Waals surface area contributed by atoms with Crippen molar-refractivity contribution in [3.63, 3.8) is 0 Å². The van der Waals surface area contributed by atoms with Gasteiger partial charge in [-0.05, 0) is 43.1 Å². The van der Waals surface area contributed by atoms with E-state index in [1.165, 1.54) is 0 Å². The van der Waals surface area contributed by atoms with Crippen molar-refractivity contribution in [1.82, 2.24) is 0 Å². The summed E-state index contributed by atoms with van der Waals surface area (Å²) in [4.78, 5) is 0. The Kier molecular flexibility index (Phi) is 3.22. The third kappa shape index (κ3) is 2.45. The summed E-state index contributed by atoms with van der Waals surface area (Å²) < 4.78 is 6.21. The molecule has 3 heteroatoms. The van der Waals surface area contributed by atoms with Crippen LogP contribution in [0.4, 0.5) is 0 Å². The average molecular weight is 213 g/mol. The Morgan fingerprint density at radius 3 is 2.14 bits per heavy atom. The van der Waals surface area contributed by atoms with E-state index >= 15 is 0 Å². The molecule has 1 saturated carbocycles. The van der Waals surface area contributed by atoms with E-state index in [9.17, 15) is 0 Å². The molecule has 0 spiro atoms. The lowest BCUT2D eigenvalue weighted by molar-refractivity contribution is 0.0813. The maximum absolute atomic E-state index is 7.13. The summed E-state index contributed by atoms with van der Waals surface area (Å²) in [6.45, 7) is 11.4. The maximum atomic E-state index is 7.13. The SMILES string of the molecule is CC(C)(C)[Si](C)(C)OC1CC(C=N)C1. The Balaban J connectivity index is 2.42. The van der Waals surface area contributed by atoms with Gasteiger partial charge in [0.1, 0.15) is 0 Å². The van der Waals surface area contributed by atoms with Gasteiger partial charge in [-0.3, -0.25) is 0 Å². The number of nitrogens with one attached hydrogen (secondary N) is 1. The predicted octanol–water partition coefficient (Wildman–Crippen LogP) is 3.44. The van der Waals surface area contributed by atoms with Crippen molar-refractivity contribution >= 4 is 14.5 Å². The molecule has 0 aliphatic heterocycles. The Morgan fingerprint density at radius 2 is 1.79 bits per heavy atom. The monoisotopic (exact) mass is 213 g/mol. The first-order valence-corrected chi connectivity index (χ1v) is 8.35. The first-order valence-electron chi connectivity index (χ1n) is 5.44. The fourth-order valence-corrected chi connectivity index (χ4v) is 2.81. The first kappa shape index (κ1) is 11.9. The fraction of sp³-hybridized carbons (Fsp3) is 0.909. The van der Waals surface area contributed by atoms with Crippen LogP contribution < -0.4 is 0 Å². The van der Waals surface area contributed by atoms with Crippen LogP contribution in [-0.2, 0) is 4.43 Å². The summed E-state index contributed by atoms with van der Waals surface area (Å²) in [5.74, 6) is 0.491. The normalized spacial score (nSPS) is 28.4. The van der Waals surface area contributed by atoms with E-state index in [1.807, 2.05) is 0 Å². The van der Waals surface area contributed by atoms with Gasteiger partial charge < -0.3 is 9.84 Å². The molecule has 0 bridgehead atoms. The van der Waals surface area contributed by atoms with Gasteiger partial charge in [-0.1, -0.05) is 20.8 Å². The van der Waals surface area contributed by atoms with Gasteiger partial charge in [-0.25, -0.2) is 0 Å². The van der Waals surface area contributed by atoms with Crippen molar-refractivity contribution in [2.75, 3.05) is 0 Å². The molecule has 0 aromatic heterocycles. The molecule has 0 atom stereocenters. The molecule has 2 nitrogen and oxygen atoms in total. The second-order valence-corrected chi connectivity index (χ2v) is 10.7. The highest BCUT2D eigenvalue weighted by Gasteiger charge is 2.41. The minimum Gasteiger partial charge on any atom is -0.414 e. The van der Waals surface area contributed by atoms with Crippen LogP contribution in [0.2, 0.25) is 18.1 Å². The molecule has 1 aliphatic carbocycles. The van der Waals surface area contributed by atoms with Gasteiger partial charge in [0.25, 0.3) is 0 Å². The van der Waals surface area contributed by atoms with Crippen molar-refractivity contribution in [2.45, 2.75) is 57.8 Å². The minimum absolute atomic E-state index is 0.308. The molecule has 82 valence electrons. The molecule has 1 N–H and O–H groups in total. The smallest absolute Gasteiger partial charge is 0.192 e. The van der Waals surface area contributed by atoms with Gasteiger partial charge in [0.2, 0.25) is 0 Å². The summed E-state index contributed by atoms with van der Waals surface area (Å²) in [6.07, 6.45) is 4.12. The zero-order valence-corrected chi connectivity index (χ0v) is 11.1. The topological polar surface area (TPSA) is 33.1 Å². The fourth-order valence-electron chi connectivity index (χ4n) is 1.43. The zero-order valence-electron chi connectivity index (χ0n) is 10.1. The van der Waals surface area contributed by atoms with E-state index < -0.39 is 8.32 Å². The summed E-state index contributed by atoms with van der Waals surface area (Å²) in [5.41, 5.74) is 0. The highest BCUT2D eigenvalue weighted by molar-refractivity contribution is 6.74. The summed E-state index contributed by atoms with van der Waals surface area (Å²) in [5, 5.41) is 7.44. The lowest BCUT2D eigenvalue weighted by Gasteiger charge is -2.44. The van der Waals surface area contributed by atoms with Crippen molar-refractivity contribution in [3.05, 3.63) is 0 Å². The molecular formula is C11H23NOSi. The van der Waals surface area contributed by atoms with Gasteiger partial charge in [0, 0.05) is 6.10 Å². The second-order valence-electron chi connectivity index (χ2n) is 5.90. The summed E-state index contributed by atoms with van der Waals surface area (Å²) >= 11 is 0. The summed E-state index contributed by atoms with van der Waals surface area (Å²) in [6, 6.07) is 0. The molecule has 0 saturated heterocycles. The predicted molar refractivity (Wildman–Crippen MR) is 63.6 cm³/mol. The highest BCUT2D eigenvalue weighted by atomic mass is 28.4. The van der Waals surface area contributed by atoms with Gasteiger partial charge in [-0.2, -0.15) is 0 Å². The molecule has 0 radical (unpaired) electrons. The quantitative estimate of drug-likeness (QED) is 0.565. The molecule has 0 aromatic carbocycles. The highest BCUT2D eigenvalue weighted by Crippen LogP contribution is 2.40. The van der Waals surface area contributed by atoms with Gasteiger partial charge in [0.05, 0.1) is 0 Å². The van der Waals surface area contributed by atoms with Crippen LogP contribution in [-0.4, -0.2) is 20.6 Å². The van der Waals surface area contributed by atoms with E-state index in [-0.39, 0.29) is 0 Å². The van der Waals surface area contributed by atoms with Crippen LogP contribution in [0.1, 0.15) is 33.6 Å². The second kappa shape index (κ2) is 3.78. The lowest BCUT2D eigenvalue weighted by atomic mass is 9.84. The van der Waals surface area contributed by atoms with Gasteiger partial charge in [0.15, 0.2) is 8.32 Å². The van der Waals surface area contributed by atoms with E-state index in [0.29, 0.717) is 17.1 Å². The molecule has 0 amide bonds. The molecule has 0 heterocycles. The Labute approximate surface area is 88.7 Å². The summed E-state index contributed by atoms with van der Waals surface area (Å²) in [7, 11) is -1.56. The number of rotatable bonds is 3. The third-order valence-electron chi connectivity index (χ3n) is 3.63. The van der Waals surface area contributed by atoms with Gasteiger partial charge in [-0.15, -0.1) is 0 Å². The molecule has 14 heavy (non-hydrogen) atoms. The molecule has 1 fully saturated rings. The maximum Gasteiger partial charge on any atom is 0.192 e. The Hall–Kier alpha value is -0.153. The van der Waals surface area contributed by atoms with Crippen LogP contribution in [0.15, 0.2) is 0 Å². The van der Waals surface area contributed by atoms with Crippen LogP contribution in [0.5, 0.6) is 0 Å². The standard InChI is InChI=1S/C11H23NOSi/c1-11(2,3)14(4,5)13-10-6-9(7-10)8-12/h8-10,12H,6-7H2,1-5H3. The largest absolute Gasteiger partial charge is 0.414 e. The first-order chi connectivity index (χ1) is 6.26. The van der Waals surface area contributed by atoms with E-state index in [1.54, 1.807) is 6.21 Å². The lowest BCUT2D eigenvalue weighted by Crippen LogP contribution is -2.47. The molecule has 1 rings (SSSR count). The van der Waals surface area contributed by atoms with Crippen molar-refractivity contribution < 1.29 is 4.43 Å². The number of hydrogen-bond acceptors (Lipinski definition) is 2. The Morgan fingerprint density at radius 1 is 1.29 bits per heavy atom. The van der Waals surface area contributed by atoms with Crippen molar-refractivity contribution in [2.24, 2.45) is 5.92 Å². The Bertz CT molecular complexity index is 214. The molecular weight excluding hydrogens is 190 g/mol. The van der Waals surface area contributed by atoms with Crippen LogP contribution >= 0.6 is 0 Å². The van der Waals surface area contributed by atoms with Crippen LogP contribution in [0.3, 0.4) is 0 Å². The van der Waals surface area contributed by atoms with Crippen molar-refractivity contribution in [3.8, 4) is 0 Å². The van der Waals surface area contributed by atoms with Crippen LogP contribution in [0, 0.1) is 11.3 Å². The van der Waals surface area contributed by atoms with Gasteiger partial charge >= 0.3 is 0 Å².